The number of hydrogen-bond acceptors (Lipinski definition) is 7. The Balaban J connectivity index is 2.01. The zero-order valence-electron chi connectivity index (χ0n) is 18.5. The van der Waals surface area contributed by atoms with E-state index in [2.05, 4.69) is 4.98 Å². The number of aliphatic hydroxyl groups excluding tert-OH is 1. The molecule has 1 aliphatic rings. The molecule has 0 aliphatic carbocycles. The van der Waals surface area contributed by atoms with Crippen LogP contribution in [0.1, 0.15) is 34.9 Å². The standard InChI is InChI=1S/C20H23Cl2N5O5S/c1-9(2)5-26-19-14(17(29)24(4)20(26)31)13(18(30)27-6-11(28)8-32-27)12(33-19)7-25-10(3)23-15(21)16(25)22/h9,11,28H,5-8H2,1-4H3. The molecule has 4 rings (SSSR count). The normalized spacial score (nSPS) is 16.5. The van der Waals surface area contributed by atoms with Crippen LogP contribution < -0.4 is 11.2 Å². The highest BCUT2D eigenvalue weighted by molar-refractivity contribution is 7.19. The molecule has 13 heteroatoms. The largest absolute Gasteiger partial charge is 0.389 e. The summed E-state index contributed by atoms with van der Waals surface area (Å²) in [6.07, 6.45) is -0.826. The number of imidazole rings is 1. The van der Waals surface area contributed by atoms with Crippen molar-refractivity contribution in [2.75, 3.05) is 13.2 Å². The van der Waals surface area contributed by atoms with Gasteiger partial charge in [0.25, 0.3) is 11.5 Å². The van der Waals surface area contributed by atoms with Crippen LogP contribution in [0.3, 0.4) is 0 Å². The predicted molar refractivity (Wildman–Crippen MR) is 125 cm³/mol. The number of fused-ring (bicyclic) bond motifs is 1. The van der Waals surface area contributed by atoms with E-state index in [-0.39, 0.29) is 46.9 Å². The van der Waals surface area contributed by atoms with Gasteiger partial charge >= 0.3 is 5.69 Å². The van der Waals surface area contributed by atoms with Crippen LogP contribution in [0.5, 0.6) is 0 Å². The number of amides is 1. The summed E-state index contributed by atoms with van der Waals surface area (Å²) < 4.78 is 4.14. The number of hydroxylamine groups is 2. The Bertz CT molecular complexity index is 1370. The highest BCUT2D eigenvalue weighted by Crippen LogP contribution is 2.33. The first kappa shape index (κ1) is 24.0. The van der Waals surface area contributed by atoms with E-state index in [9.17, 15) is 19.5 Å². The summed E-state index contributed by atoms with van der Waals surface area (Å²) in [6.45, 7) is 6.06. The number of aryl methyl sites for hydroxylation is 1. The van der Waals surface area contributed by atoms with Crippen LogP contribution >= 0.6 is 34.5 Å². The van der Waals surface area contributed by atoms with Crippen LogP contribution in [-0.2, 0) is 25.0 Å². The molecule has 1 aliphatic heterocycles. The van der Waals surface area contributed by atoms with Crippen LogP contribution in [-0.4, -0.2) is 54.0 Å². The van der Waals surface area contributed by atoms with Crippen molar-refractivity contribution < 1.29 is 14.7 Å². The first-order valence-electron chi connectivity index (χ1n) is 10.3. The number of aromatic nitrogens is 4. The molecular formula is C20H23Cl2N5O5S. The predicted octanol–water partition coefficient (Wildman–Crippen LogP) is 2.03. The molecular weight excluding hydrogens is 493 g/mol. The van der Waals surface area contributed by atoms with E-state index < -0.39 is 23.3 Å². The Kier molecular flexibility index (Phi) is 6.45. The molecule has 0 aromatic carbocycles. The summed E-state index contributed by atoms with van der Waals surface area (Å²) in [4.78, 5) is 50.1. The topological polar surface area (TPSA) is 112 Å². The van der Waals surface area contributed by atoms with Crippen LogP contribution in [0.15, 0.2) is 9.59 Å². The van der Waals surface area contributed by atoms with E-state index in [0.717, 1.165) is 9.63 Å². The Morgan fingerprint density at radius 2 is 2.00 bits per heavy atom. The molecule has 1 unspecified atom stereocenters. The number of β-amino-alcohol motifs (C(OH)–C–C–N with tert-alkyl or cyclic N) is 1. The second-order valence-electron chi connectivity index (χ2n) is 8.37. The van der Waals surface area contributed by atoms with E-state index in [1.807, 2.05) is 13.8 Å². The lowest BCUT2D eigenvalue weighted by atomic mass is 10.1. The monoisotopic (exact) mass is 515 g/mol. The summed E-state index contributed by atoms with van der Waals surface area (Å²) in [5, 5.41) is 11.3. The maximum atomic E-state index is 13.5. The number of hydrogen-bond donors (Lipinski definition) is 1. The molecule has 4 heterocycles. The quantitative estimate of drug-likeness (QED) is 0.556. The molecule has 0 radical (unpaired) electrons. The van der Waals surface area contributed by atoms with Crippen molar-refractivity contribution in [2.45, 2.75) is 40.0 Å². The SMILES string of the molecule is Cc1nc(Cl)c(Cl)n1Cc1sc2c(c1C(=O)N1CC(O)CO1)c(=O)n(C)c(=O)n2CC(C)C. The second kappa shape index (κ2) is 8.88. The van der Waals surface area contributed by atoms with Gasteiger partial charge < -0.3 is 9.67 Å². The molecule has 10 nitrogen and oxygen atoms in total. The van der Waals surface area contributed by atoms with Crippen LogP contribution in [0.4, 0.5) is 0 Å². The fraction of sp³-hybridized carbons (Fsp3) is 0.500. The summed E-state index contributed by atoms with van der Waals surface area (Å²) >= 11 is 13.6. The van der Waals surface area contributed by atoms with Gasteiger partial charge in [-0.05, 0) is 12.8 Å². The van der Waals surface area contributed by atoms with Crippen LogP contribution in [0, 0.1) is 12.8 Å². The van der Waals surface area contributed by atoms with Gasteiger partial charge in [0.2, 0.25) is 0 Å². The molecule has 1 amide bonds. The van der Waals surface area contributed by atoms with Crippen LogP contribution in [0.2, 0.25) is 10.3 Å². The highest BCUT2D eigenvalue weighted by atomic mass is 35.5. The first-order valence-corrected chi connectivity index (χ1v) is 11.8. The molecule has 0 spiro atoms. The molecule has 3 aromatic rings. The fourth-order valence-corrected chi connectivity index (χ4v) is 5.53. The maximum absolute atomic E-state index is 13.5. The van der Waals surface area contributed by atoms with Crippen molar-refractivity contribution in [1.29, 1.82) is 0 Å². The Morgan fingerprint density at radius 3 is 2.55 bits per heavy atom. The third-order valence-electron chi connectivity index (χ3n) is 5.39. The van der Waals surface area contributed by atoms with Gasteiger partial charge in [0.1, 0.15) is 28.5 Å². The molecule has 3 aromatic heterocycles. The molecule has 1 fully saturated rings. The van der Waals surface area contributed by atoms with Crippen molar-refractivity contribution >= 4 is 50.7 Å². The zero-order valence-corrected chi connectivity index (χ0v) is 20.8. The molecule has 1 N–H and O–H groups in total. The van der Waals surface area contributed by atoms with Crippen molar-refractivity contribution in [1.82, 2.24) is 23.7 Å². The molecule has 33 heavy (non-hydrogen) atoms. The smallest absolute Gasteiger partial charge is 0.331 e. The Morgan fingerprint density at radius 1 is 1.30 bits per heavy atom. The van der Waals surface area contributed by atoms with Gasteiger partial charge in [0.15, 0.2) is 5.15 Å². The highest BCUT2D eigenvalue weighted by Gasteiger charge is 2.33. The van der Waals surface area contributed by atoms with Gasteiger partial charge in [-0.3, -0.25) is 23.6 Å². The third-order valence-corrected chi connectivity index (χ3v) is 7.33. The number of aliphatic hydroxyl groups is 1. The Labute approximate surface area is 202 Å². The summed E-state index contributed by atoms with van der Waals surface area (Å²) in [6, 6.07) is 0. The van der Waals surface area contributed by atoms with Gasteiger partial charge in [-0.2, -0.15) is 0 Å². The summed E-state index contributed by atoms with van der Waals surface area (Å²) in [7, 11) is 1.39. The van der Waals surface area contributed by atoms with Crippen LogP contribution in [0.25, 0.3) is 10.2 Å². The molecule has 178 valence electrons. The van der Waals surface area contributed by atoms with E-state index in [1.54, 1.807) is 11.5 Å². The van der Waals surface area contributed by atoms with E-state index in [0.29, 0.717) is 22.1 Å². The number of thiophene rings is 1. The van der Waals surface area contributed by atoms with E-state index in [1.165, 1.54) is 23.0 Å². The molecule has 1 saturated heterocycles. The number of nitrogens with zero attached hydrogens (tertiary/aromatic N) is 5. The molecule has 1 atom stereocenters. The van der Waals surface area contributed by atoms with Crippen molar-refractivity contribution in [3.05, 3.63) is 47.4 Å². The lowest BCUT2D eigenvalue weighted by Crippen LogP contribution is -2.39. The molecule has 0 bridgehead atoms. The first-order chi connectivity index (χ1) is 15.5. The van der Waals surface area contributed by atoms with Gasteiger partial charge in [-0.1, -0.05) is 37.0 Å². The Hall–Kier alpha value is -2.18. The van der Waals surface area contributed by atoms with Crippen molar-refractivity contribution in [3.8, 4) is 0 Å². The average molecular weight is 516 g/mol. The number of rotatable bonds is 5. The minimum atomic E-state index is -0.826. The van der Waals surface area contributed by atoms with E-state index >= 15 is 0 Å². The minimum absolute atomic E-state index is 0.0265. The summed E-state index contributed by atoms with van der Waals surface area (Å²) in [5.74, 6) is 0.0788. The van der Waals surface area contributed by atoms with E-state index in [4.69, 9.17) is 28.0 Å². The number of carbonyl (C=O) groups is 1. The molecule has 0 saturated carbocycles. The number of halogens is 2. The third kappa shape index (κ3) is 4.12. The van der Waals surface area contributed by atoms with Crippen molar-refractivity contribution in [3.63, 3.8) is 0 Å². The average Bonchev–Trinajstić information content (AvgIpc) is 3.41. The number of carbonyl (C=O) groups excluding carboxylic acids is 1. The fourth-order valence-electron chi connectivity index (χ4n) is 3.81. The zero-order chi connectivity index (χ0) is 24.2. The second-order valence-corrected chi connectivity index (χ2v) is 10.2. The minimum Gasteiger partial charge on any atom is -0.389 e. The van der Waals surface area contributed by atoms with Gasteiger partial charge in [0.05, 0.1) is 24.0 Å². The van der Waals surface area contributed by atoms with Gasteiger partial charge in [-0.25, -0.2) is 14.8 Å². The lowest BCUT2D eigenvalue weighted by molar-refractivity contribution is -0.0778. The maximum Gasteiger partial charge on any atom is 0.331 e. The van der Waals surface area contributed by atoms with Gasteiger partial charge in [-0.15, -0.1) is 11.3 Å². The summed E-state index contributed by atoms with van der Waals surface area (Å²) in [5.41, 5.74) is -0.921. The van der Waals surface area contributed by atoms with Crippen molar-refractivity contribution in [2.24, 2.45) is 13.0 Å². The van der Waals surface area contributed by atoms with Gasteiger partial charge in [0, 0.05) is 18.5 Å². The lowest BCUT2D eigenvalue weighted by Gasteiger charge is -2.15.